The second-order valence-corrected chi connectivity index (χ2v) is 8.03. The monoisotopic (exact) mass is 431 g/mol. The number of nitrogens with zero attached hydrogens (tertiary/aromatic N) is 4. The zero-order valence-electron chi connectivity index (χ0n) is 19.8. The van der Waals surface area contributed by atoms with E-state index in [4.69, 9.17) is 4.74 Å². The van der Waals surface area contributed by atoms with E-state index in [1.807, 2.05) is 32.9 Å². The maximum atomic E-state index is 9.41. The molecule has 1 fully saturated rings. The highest BCUT2D eigenvalue weighted by Crippen LogP contribution is 2.22. The van der Waals surface area contributed by atoms with Gasteiger partial charge in [-0.3, -0.25) is 0 Å². The van der Waals surface area contributed by atoms with Crippen molar-refractivity contribution in [2.75, 3.05) is 31.6 Å². The summed E-state index contributed by atoms with van der Waals surface area (Å²) in [5.41, 5.74) is 4.85. The molecule has 6 nitrogen and oxygen atoms in total. The summed E-state index contributed by atoms with van der Waals surface area (Å²) in [4.78, 5) is 2.37. The maximum absolute atomic E-state index is 9.41. The number of hydrogen-bond donors (Lipinski definition) is 1. The lowest BCUT2D eigenvalue weighted by Crippen LogP contribution is -2.38. The molecule has 168 valence electrons. The molecule has 6 heteroatoms. The Morgan fingerprint density at radius 3 is 2.66 bits per heavy atom. The molecule has 2 aromatic rings. The SMILES string of the molecule is C/C=c1/c(C)nnc(N[C@H](C)c2cccc(C#N)c2C)/c1=C/C(=C/CC)N1CCOCC1. The van der Waals surface area contributed by atoms with E-state index < -0.39 is 0 Å². The van der Waals surface area contributed by atoms with Crippen LogP contribution in [0.25, 0.3) is 12.2 Å². The fraction of sp³-hybridized carbons (Fsp3) is 0.423. The minimum Gasteiger partial charge on any atom is -0.378 e. The predicted molar refractivity (Wildman–Crippen MR) is 129 cm³/mol. The Labute approximate surface area is 190 Å². The Hall–Kier alpha value is -3.17. The summed E-state index contributed by atoms with van der Waals surface area (Å²) in [6.07, 6.45) is 7.52. The first-order valence-corrected chi connectivity index (χ1v) is 11.3. The first kappa shape index (κ1) is 23.5. The molecule has 1 saturated heterocycles. The molecule has 1 aromatic carbocycles. The molecule has 0 aliphatic carbocycles. The van der Waals surface area contributed by atoms with E-state index in [-0.39, 0.29) is 6.04 Å². The van der Waals surface area contributed by atoms with Crippen molar-refractivity contribution in [3.8, 4) is 6.07 Å². The standard InChI is InChI=1S/C26H33N5O/c1-6-9-22(31-12-14-32-15-13-31)16-25-23(7-2)20(5)29-30-26(25)28-19(4)24-11-8-10-21(17-27)18(24)3/h7-11,16,19H,6,12-15H2,1-5H3,(H,28,30)/b22-9-,23-7-,25-16+/t19-/m1/s1. The molecule has 32 heavy (non-hydrogen) atoms. The molecule has 0 radical (unpaired) electrons. The van der Waals surface area contributed by atoms with Crippen molar-refractivity contribution in [1.82, 2.24) is 15.1 Å². The second-order valence-electron chi connectivity index (χ2n) is 8.03. The number of morpholine rings is 1. The van der Waals surface area contributed by atoms with Crippen molar-refractivity contribution in [1.29, 1.82) is 5.26 Å². The van der Waals surface area contributed by atoms with E-state index in [0.29, 0.717) is 5.56 Å². The number of nitriles is 1. The van der Waals surface area contributed by atoms with Crippen LogP contribution in [-0.2, 0) is 4.74 Å². The highest BCUT2D eigenvalue weighted by Gasteiger charge is 2.15. The smallest absolute Gasteiger partial charge is 0.157 e. The van der Waals surface area contributed by atoms with Gasteiger partial charge in [0.25, 0.3) is 0 Å². The summed E-state index contributed by atoms with van der Waals surface area (Å²) >= 11 is 0. The van der Waals surface area contributed by atoms with E-state index >= 15 is 0 Å². The molecular formula is C26H33N5O. The van der Waals surface area contributed by atoms with Gasteiger partial charge in [0.2, 0.25) is 0 Å². The highest BCUT2D eigenvalue weighted by atomic mass is 16.5. The molecule has 1 aliphatic heterocycles. The highest BCUT2D eigenvalue weighted by molar-refractivity contribution is 5.55. The average molecular weight is 432 g/mol. The summed E-state index contributed by atoms with van der Waals surface area (Å²) in [6, 6.07) is 8.09. The molecular weight excluding hydrogens is 398 g/mol. The normalized spacial score (nSPS) is 16.8. The molecule has 1 aliphatic rings. The fourth-order valence-electron chi connectivity index (χ4n) is 4.16. The largest absolute Gasteiger partial charge is 0.378 e. The average Bonchev–Trinajstić information content (AvgIpc) is 2.81. The molecule has 1 aromatic heterocycles. The number of anilines is 1. The maximum Gasteiger partial charge on any atom is 0.157 e. The third-order valence-electron chi connectivity index (χ3n) is 5.92. The minimum absolute atomic E-state index is 0.0286. The topological polar surface area (TPSA) is 74.1 Å². The van der Waals surface area contributed by atoms with Gasteiger partial charge in [0.15, 0.2) is 5.82 Å². The first-order valence-electron chi connectivity index (χ1n) is 11.3. The third-order valence-corrected chi connectivity index (χ3v) is 5.92. The molecule has 1 N–H and O–H groups in total. The number of aromatic nitrogens is 2. The van der Waals surface area contributed by atoms with Crippen LogP contribution in [0.4, 0.5) is 5.82 Å². The van der Waals surface area contributed by atoms with E-state index in [0.717, 1.165) is 65.8 Å². The van der Waals surface area contributed by atoms with Crippen LogP contribution in [0.3, 0.4) is 0 Å². The Morgan fingerprint density at radius 1 is 1.25 bits per heavy atom. The van der Waals surface area contributed by atoms with Gasteiger partial charge in [-0.1, -0.05) is 31.2 Å². The molecule has 3 rings (SSSR count). The van der Waals surface area contributed by atoms with Crippen LogP contribution >= 0.6 is 0 Å². The van der Waals surface area contributed by atoms with Gasteiger partial charge in [-0.25, -0.2) is 0 Å². The van der Waals surface area contributed by atoms with Crippen molar-refractivity contribution in [2.24, 2.45) is 0 Å². The van der Waals surface area contributed by atoms with Gasteiger partial charge in [0, 0.05) is 29.2 Å². The number of rotatable bonds is 6. The lowest BCUT2D eigenvalue weighted by atomic mass is 9.98. The lowest BCUT2D eigenvalue weighted by Gasteiger charge is -2.30. The molecule has 0 unspecified atom stereocenters. The zero-order chi connectivity index (χ0) is 23.1. The molecule has 1 atom stereocenters. The van der Waals surface area contributed by atoms with Crippen molar-refractivity contribution >= 4 is 18.0 Å². The van der Waals surface area contributed by atoms with Gasteiger partial charge >= 0.3 is 0 Å². The van der Waals surface area contributed by atoms with Crippen LogP contribution in [-0.4, -0.2) is 41.4 Å². The first-order chi connectivity index (χ1) is 15.5. The minimum atomic E-state index is -0.0286. The summed E-state index contributed by atoms with van der Waals surface area (Å²) in [5.74, 6) is 0.744. The van der Waals surface area contributed by atoms with Gasteiger partial charge in [-0.15, -0.1) is 5.10 Å². The van der Waals surface area contributed by atoms with Gasteiger partial charge in [0.05, 0.1) is 36.6 Å². The van der Waals surface area contributed by atoms with E-state index in [1.54, 1.807) is 0 Å². The summed E-state index contributed by atoms with van der Waals surface area (Å²) in [6.45, 7) is 13.5. The Bertz CT molecular complexity index is 1140. The molecule has 0 bridgehead atoms. The Balaban J connectivity index is 2.09. The van der Waals surface area contributed by atoms with E-state index in [9.17, 15) is 5.26 Å². The number of hydrogen-bond acceptors (Lipinski definition) is 6. The molecule has 0 amide bonds. The Kier molecular flexibility index (Phi) is 8.02. The fourth-order valence-corrected chi connectivity index (χ4v) is 4.16. The quantitative estimate of drug-likeness (QED) is 0.756. The molecule has 2 heterocycles. The Morgan fingerprint density at radius 2 is 2.00 bits per heavy atom. The van der Waals surface area contributed by atoms with Crippen LogP contribution in [0.5, 0.6) is 0 Å². The van der Waals surface area contributed by atoms with Gasteiger partial charge in [-0.2, -0.15) is 10.4 Å². The van der Waals surface area contributed by atoms with Crippen LogP contribution in [0, 0.1) is 25.2 Å². The van der Waals surface area contributed by atoms with Crippen LogP contribution in [0.2, 0.25) is 0 Å². The van der Waals surface area contributed by atoms with Crippen LogP contribution < -0.4 is 15.8 Å². The van der Waals surface area contributed by atoms with Gasteiger partial charge in [-0.05, 0) is 57.4 Å². The summed E-state index contributed by atoms with van der Waals surface area (Å²) in [5, 5.41) is 24.0. The van der Waals surface area contributed by atoms with Gasteiger partial charge < -0.3 is 15.0 Å². The second kappa shape index (κ2) is 10.9. The van der Waals surface area contributed by atoms with E-state index in [1.165, 1.54) is 5.70 Å². The lowest BCUT2D eigenvalue weighted by molar-refractivity contribution is 0.0561. The zero-order valence-corrected chi connectivity index (χ0v) is 19.8. The number of allylic oxidation sites excluding steroid dienone is 2. The summed E-state index contributed by atoms with van der Waals surface area (Å²) in [7, 11) is 0. The van der Waals surface area contributed by atoms with Crippen molar-refractivity contribution in [3.05, 3.63) is 62.8 Å². The van der Waals surface area contributed by atoms with E-state index in [2.05, 4.69) is 64.6 Å². The van der Waals surface area contributed by atoms with Gasteiger partial charge in [0.1, 0.15) is 0 Å². The number of aryl methyl sites for hydroxylation is 1. The van der Waals surface area contributed by atoms with Crippen LogP contribution in [0.15, 0.2) is 30.0 Å². The molecule has 0 spiro atoms. The predicted octanol–water partition coefficient (Wildman–Crippen LogP) is 3.35. The van der Waals surface area contributed by atoms with Crippen molar-refractivity contribution in [2.45, 2.75) is 47.1 Å². The number of ether oxygens (including phenoxy) is 1. The number of benzene rings is 1. The molecule has 0 saturated carbocycles. The van der Waals surface area contributed by atoms with Crippen molar-refractivity contribution < 1.29 is 4.74 Å². The summed E-state index contributed by atoms with van der Waals surface area (Å²) < 4.78 is 5.55. The number of nitrogens with one attached hydrogen (secondary N) is 1. The van der Waals surface area contributed by atoms with Crippen molar-refractivity contribution in [3.63, 3.8) is 0 Å². The third kappa shape index (κ3) is 5.17. The van der Waals surface area contributed by atoms with Crippen LogP contribution in [0.1, 0.15) is 55.6 Å².